The molecule has 1 aromatic heterocycles. The van der Waals surface area contributed by atoms with Crippen LogP contribution in [0, 0.1) is 0 Å². The number of benzene rings is 1. The van der Waals surface area contributed by atoms with E-state index in [1.165, 1.54) is 18.2 Å². The topological polar surface area (TPSA) is 106 Å². The van der Waals surface area contributed by atoms with Crippen LogP contribution in [0.4, 0.5) is 20.4 Å². The van der Waals surface area contributed by atoms with Gasteiger partial charge in [0.05, 0.1) is 11.4 Å². The highest BCUT2D eigenvalue weighted by atomic mass is 32.2. The minimum Gasteiger partial charge on any atom is -0.433 e. The molecule has 1 amide bonds. The number of nitrogens with zero attached hydrogens (tertiary/aromatic N) is 2. The van der Waals surface area contributed by atoms with E-state index in [0.29, 0.717) is 5.16 Å². The smallest absolute Gasteiger partial charge is 0.387 e. The van der Waals surface area contributed by atoms with Crippen molar-refractivity contribution in [3.63, 3.8) is 0 Å². The van der Waals surface area contributed by atoms with Crippen molar-refractivity contribution in [2.45, 2.75) is 11.8 Å². The predicted molar refractivity (Wildman–Crippen MR) is 73.2 cm³/mol. The number of anilines is 2. The standard InChI is InChI=1S/C11H11F2N5O2S/c12-9(13)20-7-4-2-1-3-6(7)15-8(19)5-21-11-16-10(14)17-18-11/h1-4,9H,5H2,(H,15,19)(H3,14,16,17,18). The lowest BCUT2D eigenvalue weighted by molar-refractivity contribution is -0.113. The molecular weight excluding hydrogens is 304 g/mol. The summed E-state index contributed by atoms with van der Waals surface area (Å²) in [5, 5.41) is 8.98. The number of carbonyl (C=O) groups is 1. The molecule has 0 unspecified atom stereocenters. The van der Waals surface area contributed by atoms with Gasteiger partial charge in [-0.25, -0.2) is 5.10 Å². The van der Waals surface area contributed by atoms with Crippen molar-refractivity contribution in [1.29, 1.82) is 0 Å². The maximum absolute atomic E-state index is 12.2. The van der Waals surface area contributed by atoms with Crippen molar-refractivity contribution in [2.24, 2.45) is 0 Å². The molecule has 0 radical (unpaired) electrons. The van der Waals surface area contributed by atoms with Crippen LogP contribution in [-0.2, 0) is 4.79 Å². The molecule has 0 bridgehead atoms. The Balaban J connectivity index is 1.93. The summed E-state index contributed by atoms with van der Waals surface area (Å²) in [6.07, 6.45) is 0. The van der Waals surface area contributed by atoms with Gasteiger partial charge in [0, 0.05) is 0 Å². The van der Waals surface area contributed by atoms with Gasteiger partial charge in [0.15, 0.2) is 0 Å². The first-order chi connectivity index (χ1) is 10.0. The minimum absolute atomic E-state index is 0.000304. The van der Waals surface area contributed by atoms with Crippen LogP contribution in [0.2, 0.25) is 0 Å². The number of aromatic amines is 1. The number of amides is 1. The van der Waals surface area contributed by atoms with Crippen LogP contribution in [0.3, 0.4) is 0 Å². The second-order valence-corrected chi connectivity index (χ2v) is 4.66. The summed E-state index contributed by atoms with van der Waals surface area (Å²) < 4.78 is 28.8. The van der Waals surface area contributed by atoms with E-state index >= 15 is 0 Å². The quantitative estimate of drug-likeness (QED) is 0.701. The summed E-state index contributed by atoms with van der Waals surface area (Å²) in [6, 6.07) is 5.92. The second kappa shape index (κ2) is 6.88. The average Bonchev–Trinajstić information content (AvgIpc) is 2.84. The molecule has 21 heavy (non-hydrogen) atoms. The molecule has 0 aliphatic rings. The highest BCUT2D eigenvalue weighted by Gasteiger charge is 2.12. The predicted octanol–water partition coefficient (Wildman–Crippen LogP) is 1.72. The SMILES string of the molecule is Nc1nc(SCC(=O)Nc2ccccc2OC(F)F)n[nH]1. The van der Waals surface area contributed by atoms with Gasteiger partial charge in [-0.1, -0.05) is 23.9 Å². The van der Waals surface area contributed by atoms with Crippen molar-refractivity contribution < 1.29 is 18.3 Å². The molecule has 1 heterocycles. The molecule has 0 aliphatic heterocycles. The van der Waals surface area contributed by atoms with Crippen LogP contribution in [0.15, 0.2) is 29.4 Å². The van der Waals surface area contributed by atoms with E-state index in [0.717, 1.165) is 11.8 Å². The van der Waals surface area contributed by atoms with Crippen molar-refractivity contribution in [2.75, 3.05) is 16.8 Å². The van der Waals surface area contributed by atoms with Crippen LogP contribution in [0.1, 0.15) is 0 Å². The number of nitrogens with one attached hydrogen (secondary N) is 2. The second-order valence-electron chi connectivity index (χ2n) is 3.71. The third kappa shape index (κ3) is 4.60. The number of halogens is 2. The Kier molecular flexibility index (Phi) is 4.93. The van der Waals surface area contributed by atoms with E-state index in [1.54, 1.807) is 6.07 Å². The number of H-pyrrole nitrogens is 1. The number of carbonyl (C=O) groups excluding carboxylic acids is 1. The van der Waals surface area contributed by atoms with Crippen molar-refractivity contribution in [1.82, 2.24) is 15.2 Å². The number of para-hydroxylation sites is 2. The summed E-state index contributed by atoms with van der Waals surface area (Å²) in [5.74, 6) is -0.365. The maximum atomic E-state index is 12.2. The third-order valence-electron chi connectivity index (χ3n) is 2.19. The van der Waals surface area contributed by atoms with Crippen molar-refractivity contribution in [3.8, 4) is 5.75 Å². The van der Waals surface area contributed by atoms with Crippen LogP contribution in [0.25, 0.3) is 0 Å². The normalized spacial score (nSPS) is 10.6. The molecule has 0 atom stereocenters. The van der Waals surface area contributed by atoms with E-state index in [9.17, 15) is 13.6 Å². The van der Waals surface area contributed by atoms with Gasteiger partial charge in [-0.05, 0) is 12.1 Å². The molecule has 1 aromatic carbocycles. The first-order valence-corrected chi connectivity index (χ1v) is 6.67. The van der Waals surface area contributed by atoms with E-state index in [1.807, 2.05) is 0 Å². The summed E-state index contributed by atoms with van der Waals surface area (Å²) in [7, 11) is 0. The number of rotatable bonds is 6. The number of hydrogen-bond donors (Lipinski definition) is 3. The van der Waals surface area contributed by atoms with Crippen LogP contribution < -0.4 is 15.8 Å². The number of nitrogen functional groups attached to an aromatic ring is 1. The maximum Gasteiger partial charge on any atom is 0.387 e. The number of alkyl halides is 2. The molecule has 2 rings (SSSR count). The average molecular weight is 315 g/mol. The number of aromatic nitrogens is 3. The highest BCUT2D eigenvalue weighted by Crippen LogP contribution is 2.25. The minimum atomic E-state index is -2.96. The lowest BCUT2D eigenvalue weighted by Crippen LogP contribution is -2.15. The first-order valence-electron chi connectivity index (χ1n) is 5.69. The molecule has 0 spiro atoms. The Bertz CT molecular complexity index is 622. The largest absolute Gasteiger partial charge is 0.433 e. The zero-order valence-corrected chi connectivity index (χ0v) is 11.4. The molecule has 0 saturated carbocycles. The Hall–Kier alpha value is -2.36. The number of hydrogen-bond acceptors (Lipinski definition) is 6. The molecule has 0 saturated heterocycles. The fourth-order valence-corrected chi connectivity index (χ4v) is 2.01. The first kappa shape index (κ1) is 15.0. The van der Waals surface area contributed by atoms with Crippen molar-refractivity contribution >= 4 is 29.3 Å². The lowest BCUT2D eigenvalue weighted by Gasteiger charge is -2.11. The van der Waals surface area contributed by atoms with Gasteiger partial charge >= 0.3 is 6.61 Å². The molecular formula is C11H11F2N5O2S. The summed E-state index contributed by atoms with van der Waals surface area (Å²) in [4.78, 5) is 15.6. The van der Waals surface area contributed by atoms with Crippen LogP contribution >= 0.6 is 11.8 Å². The molecule has 4 N–H and O–H groups in total. The fourth-order valence-electron chi connectivity index (χ4n) is 1.41. The molecule has 112 valence electrons. The number of ether oxygens (including phenoxy) is 1. The molecule has 2 aromatic rings. The number of nitrogens with two attached hydrogens (primary N) is 1. The Labute approximate surface area is 122 Å². The molecule has 10 heteroatoms. The van der Waals surface area contributed by atoms with E-state index in [4.69, 9.17) is 5.73 Å². The fraction of sp³-hybridized carbons (Fsp3) is 0.182. The highest BCUT2D eigenvalue weighted by molar-refractivity contribution is 7.99. The Morgan fingerprint density at radius 2 is 2.24 bits per heavy atom. The van der Waals surface area contributed by atoms with Gasteiger partial charge in [-0.2, -0.15) is 13.8 Å². The summed E-state index contributed by atoms with van der Waals surface area (Å²) >= 11 is 1.05. The zero-order valence-electron chi connectivity index (χ0n) is 10.5. The van der Waals surface area contributed by atoms with Crippen LogP contribution in [0.5, 0.6) is 5.75 Å². The van der Waals surface area contributed by atoms with Gasteiger partial charge in [-0.3, -0.25) is 4.79 Å². The molecule has 0 fully saturated rings. The lowest BCUT2D eigenvalue weighted by atomic mass is 10.3. The van der Waals surface area contributed by atoms with Crippen LogP contribution in [-0.4, -0.2) is 33.5 Å². The van der Waals surface area contributed by atoms with E-state index in [-0.39, 0.29) is 23.1 Å². The van der Waals surface area contributed by atoms with Gasteiger partial charge in [0.1, 0.15) is 5.75 Å². The third-order valence-corrected chi connectivity index (χ3v) is 3.04. The summed E-state index contributed by atoms with van der Waals surface area (Å²) in [6.45, 7) is -2.96. The van der Waals surface area contributed by atoms with Gasteiger partial charge in [-0.15, -0.1) is 5.10 Å². The Morgan fingerprint density at radius 3 is 2.90 bits per heavy atom. The van der Waals surface area contributed by atoms with Gasteiger partial charge in [0.25, 0.3) is 0 Å². The van der Waals surface area contributed by atoms with Gasteiger partial charge < -0.3 is 15.8 Å². The zero-order chi connectivity index (χ0) is 15.2. The molecule has 7 nitrogen and oxygen atoms in total. The summed E-state index contributed by atoms with van der Waals surface area (Å²) in [5.41, 5.74) is 5.51. The van der Waals surface area contributed by atoms with E-state index in [2.05, 4.69) is 25.2 Å². The van der Waals surface area contributed by atoms with Crippen molar-refractivity contribution in [3.05, 3.63) is 24.3 Å². The van der Waals surface area contributed by atoms with Gasteiger partial charge in [0.2, 0.25) is 17.0 Å². The monoisotopic (exact) mass is 315 g/mol. The van der Waals surface area contributed by atoms with E-state index < -0.39 is 12.5 Å². The Morgan fingerprint density at radius 1 is 1.48 bits per heavy atom. The number of thioether (sulfide) groups is 1. The molecule has 0 aliphatic carbocycles.